The predicted molar refractivity (Wildman–Crippen MR) is 51.6 cm³/mol. The summed E-state index contributed by atoms with van der Waals surface area (Å²) in [6, 6.07) is 9.84. The molecule has 1 aromatic carbocycles. The summed E-state index contributed by atoms with van der Waals surface area (Å²) in [4.78, 5) is 0. The van der Waals surface area contributed by atoms with Crippen LogP contribution in [0.2, 0.25) is 0 Å². The van der Waals surface area contributed by atoms with Crippen LogP contribution in [-0.4, -0.2) is 5.54 Å². The van der Waals surface area contributed by atoms with E-state index in [2.05, 4.69) is 11.8 Å². The van der Waals surface area contributed by atoms with E-state index in [0.717, 1.165) is 5.56 Å². The van der Waals surface area contributed by atoms with E-state index < -0.39 is 5.54 Å². The van der Waals surface area contributed by atoms with Gasteiger partial charge in [0.25, 0.3) is 0 Å². The van der Waals surface area contributed by atoms with E-state index in [0.29, 0.717) is 0 Å². The van der Waals surface area contributed by atoms with E-state index in [9.17, 15) is 0 Å². The van der Waals surface area contributed by atoms with Crippen molar-refractivity contribution in [2.24, 2.45) is 5.73 Å². The van der Waals surface area contributed by atoms with E-state index in [1.807, 2.05) is 44.2 Å². The third-order valence-electron chi connectivity index (χ3n) is 1.30. The molecule has 0 aromatic heterocycles. The minimum atomic E-state index is -0.407. The quantitative estimate of drug-likeness (QED) is 0.574. The maximum Gasteiger partial charge on any atom is 0.0722 e. The molecule has 0 aliphatic carbocycles. The van der Waals surface area contributed by atoms with Crippen molar-refractivity contribution in [3.05, 3.63) is 35.9 Å². The molecular weight excluding hydrogens is 146 g/mol. The molecule has 0 unspecified atom stereocenters. The van der Waals surface area contributed by atoms with Crippen LogP contribution in [0.25, 0.3) is 0 Å². The van der Waals surface area contributed by atoms with E-state index in [1.165, 1.54) is 0 Å². The Hall–Kier alpha value is -1.26. The van der Waals surface area contributed by atoms with Crippen molar-refractivity contribution < 1.29 is 0 Å². The molecule has 0 spiro atoms. The Morgan fingerprint density at radius 3 is 2.25 bits per heavy atom. The Balaban J connectivity index is 2.81. The Labute approximate surface area is 73.6 Å². The van der Waals surface area contributed by atoms with Gasteiger partial charge in [-0.3, -0.25) is 0 Å². The van der Waals surface area contributed by atoms with Gasteiger partial charge in [-0.1, -0.05) is 30.0 Å². The Morgan fingerprint density at radius 2 is 1.75 bits per heavy atom. The lowest BCUT2D eigenvalue weighted by molar-refractivity contribution is 0.680. The summed E-state index contributed by atoms with van der Waals surface area (Å²) in [5.74, 6) is 5.98. The first-order chi connectivity index (χ1) is 5.58. The lowest BCUT2D eigenvalue weighted by Crippen LogP contribution is -2.29. The van der Waals surface area contributed by atoms with Crippen LogP contribution >= 0.6 is 0 Å². The predicted octanol–water partition coefficient (Wildman–Crippen LogP) is 1.78. The molecule has 0 atom stereocenters. The highest BCUT2D eigenvalue weighted by Crippen LogP contribution is 1.97. The molecule has 0 fully saturated rings. The van der Waals surface area contributed by atoms with Crippen molar-refractivity contribution in [2.45, 2.75) is 19.4 Å². The van der Waals surface area contributed by atoms with Crippen molar-refractivity contribution >= 4 is 0 Å². The van der Waals surface area contributed by atoms with Gasteiger partial charge in [0.15, 0.2) is 0 Å². The lowest BCUT2D eigenvalue weighted by Gasteiger charge is -2.07. The van der Waals surface area contributed by atoms with Gasteiger partial charge < -0.3 is 5.73 Å². The Morgan fingerprint density at radius 1 is 1.17 bits per heavy atom. The van der Waals surface area contributed by atoms with Crippen molar-refractivity contribution in [2.75, 3.05) is 0 Å². The van der Waals surface area contributed by atoms with Crippen molar-refractivity contribution in [3.8, 4) is 11.8 Å². The van der Waals surface area contributed by atoms with Gasteiger partial charge in [-0.25, -0.2) is 0 Å². The molecule has 2 N–H and O–H groups in total. The second-order valence-corrected chi connectivity index (χ2v) is 3.34. The molecule has 0 aliphatic heterocycles. The maximum absolute atomic E-state index is 5.71. The van der Waals surface area contributed by atoms with E-state index in [4.69, 9.17) is 5.73 Å². The van der Waals surface area contributed by atoms with Gasteiger partial charge in [-0.05, 0) is 26.0 Å². The molecule has 0 amide bonds. The second kappa shape index (κ2) is 3.42. The van der Waals surface area contributed by atoms with Crippen molar-refractivity contribution in [3.63, 3.8) is 0 Å². The van der Waals surface area contributed by atoms with Crippen LogP contribution in [0.1, 0.15) is 19.4 Å². The third-order valence-corrected chi connectivity index (χ3v) is 1.30. The third kappa shape index (κ3) is 3.23. The lowest BCUT2D eigenvalue weighted by atomic mass is 10.1. The molecule has 1 aromatic rings. The SMILES string of the molecule is CC(C)(N)C#Cc1ccccc1. The van der Waals surface area contributed by atoms with Crippen LogP contribution in [0.3, 0.4) is 0 Å². The molecule has 1 heteroatoms. The zero-order valence-corrected chi connectivity index (χ0v) is 7.46. The molecule has 1 rings (SSSR count). The normalized spacial score (nSPS) is 10.2. The summed E-state index contributed by atoms with van der Waals surface area (Å²) in [6.45, 7) is 3.78. The monoisotopic (exact) mass is 159 g/mol. The summed E-state index contributed by atoms with van der Waals surface area (Å²) >= 11 is 0. The van der Waals surface area contributed by atoms with Gasteiger partial charge in [0.1, 0.15) is 0 Å². The molecule has 1 nitrogen and oxygen atoms in total. The fourth-order valence-corrected chi connectivity index (χ4v) is 0.755. The average Bonchev–Trinajstić information content (AvgIpc) is 2.02. The number of hydrogen-bond acceptors (Lipinski definition) is 1. The number of rotatable bonds is 0. The summed E-state index contributed by atoms with van der Waals surface area (Å²) < 4.78 is 0. The van der Waals surface area contributed by atoms with Crippen molar-refractivity contribution in [1.29, 1.82) is 0 Å². The fourth-order valence-electron chi connectivity index (χ4n) is 0.755. The molecule has 0 saturated heterocycles. The molecule has 0 bridgehead atoms. The zero-order valence-electron chi connectivity index (χ0n) is 7.46. The topological polar surface area (TPSA) is 26.0 Å². The summed E-state index contributed by atoms with van der Waals surface area (Å²) in [5, 5.41) is 0. The van der Waals surface area contributed by atoms with Gasteiger partial charge in [-0.15, -0.1) is 0 Å². The van der Waals surface area contributed by atoms with Crippen LogP contribution < -0.4 is 5.73 Å². The largest absolute Gasteiger partial charge is 0.316 e. The van der Waals surface area contributed by atoms with Gasteiger partial charge in [0.05, 0.1) is 5.54 Å². The summed E-state index contributed by atoms with van der Waals surface area (Å²) in [7, 11) is 0. The van der Waals surface area contributed by atoms with Crippen LogP contribution in [0.5, 0.6) is 0 Å². The molecule has 0 radical (unpaired) electrons. The minimum Gasteiger partial charge on any atom is -0.316 e. The maximum atomic E-state index is 5.71. The van der Waals surface area contributed by atoms with Gasteiger partial charge in [-0.2, -0.15) is 0 Å². The molecule has 62 valence electrons. The second-order valence-electron chi connectivity index (χ2n) is 3.34. The zero-order chi connectivity index (χ0) is 9.03. The number of benzene rings is 1. The number of nitrogens with two attached hydrogens (primary N) is 1. The molecule has 0 saturated carbocycles. The van der Waals surface area contributed by atoms with Gasteiger partial charge >= 0.3 is 0 Å². The van der Waals surface area contributed by atoms with Crippen LogP contribution in [0.15, 0.2) is 30.3 Å². The highest BCUT2D eigenvalue weighted by Gasteiger charge is 2.02. The van der Waals surface area contributed by atoms with Crippen molar-refractivity contribution in [1.82, 2.24) is 0 Å². The average molecular weight is 159 g/mol. The first kappa shape index (κ1) is 8.83. The summed E-state index contributed by atoms with van der Waals surface area (Å²) in [6.07, 6.45) is 0. The first-order valence-corrected chi connectivity index (χ1v) is 3.95. The smallest absolute Gasteiger partial charge is 0.0722 e. The molecule has 12 heavy (non-hydrogen) atoms. The standard InChI is InChI=1S/C11H13N/c1-11(2,12)9-8-10-6-4-3-5-7-10/h3-7H,12H2,1-2H3. The molecule has 0 heterocycles. The summed E-state index contributed by atoms with van der Waals surface area (Å²) in [5.41, 5.74) is 6.31. The molecular formula is C11H13N. The van der Waals surface area contributed by atoms with Crippen LogP contribution in [0, 0.1) is 11.8 Å². The van der Waals surface area contributed by atoms with E-state index in [1.54, 1.807) is 0 Å². The minimum absolute atomic E-state index is 0.407. The van der Waals surface area contributed by atoms with Gasteiger partial charge in [0.2, 0.25) is 0 Å². The number of hydrogen-bond donors (Lipinski definition) is 1. The Bertz CT molecular complexity index is 295. The van der Waals surface area contributed by atoms with E-state index in [-0.39, 0.29) is 0 Å². The van der Waals surface area contributed by atoms with Gasteiger partial charge in [0, 0.05) is 5.56 Å². The van der Waals surface area contributed by atoms with E-state index >= 15 is 0 Å². The van der Waals surface area contributed by atoms with Crippen LogP contribution in [0.4, 0.5) is 0 Å². The fraction of sp³-hybridized carbons (Fsp3) is 0.273. The highest BCUT2D eigenvalue weighted by molar-refractivity contribution is 5.35. The Kier molecular flexibility index (Phi) is 2.52. The van der Waals surface area contributed by atoms with Crippen LogP contribution in [-0.2, 0) is 0 Å². The highest BCUT2D eigenvalue weighted by atomic mass is 14.7. The first-order valence-electron chi connectivity index (χ1n) is 3.95. The molecule has 0 aliphatic rings.